The van der Waals surface area contributed by atoms with E-state index in [1.807, 2.05) is 5.32 Å². The number of amides is 3. The Morgan fingerprint density at radius 3 is 2.15 bits per heavy atom. The topological polar surface area (TPSA) is 140 Å². The van der Waals surface area contributed by atoms with Crippen LogP contribution in [0.2, 0.25) is 0 Å². The lowest BCUT2D eigenvalue weighted by Crippen LogP contribution is -2.44. The van der Waals surface area contributed by atoms with E-state index in [4.69, 9.17) is 14.2 Å². The highest BCUT2D eigenvalue weighted by molar-refractivity contribution is 6.09. The van der Waals surface area contributed by atoms with E-state index >= 15 is 0 Å². The first kappa shape index (κ1) is 24.3. The third-order valence-electron chi connectivity index (χ3n) is 4.41. The van der Waals surface area contributed by atoms with Gasteiger partial charge in [-0.2, -0.15) is 0 Å². The SMILES string of the molecule is CC(C)(C)OC(=O)NC(Cc1ccc(Oc2ccc(/C=C3\OC(=O)NC3=O)cc2)cc1)C(=O)O. The zero-order valence-electron chi connectivity index (χ0n) is 18.8. The number of carboxylic acids is 1. The standard InChI is InChI=1S/C24H24N2O8/c1-24(2,3)34-23(31)25-18(21(28)29)12-14-4-8-16(9-5-14)32-17-10-6-15(7-11-17)13-19-20(27)26-22(30)33-19/h4-11,13,18H,12H2,1-3H3,(H,25,31)(H,28,29)(H,26,27,30)/b19-13-. The number of ether oxygens (including phenoxy) is 3. The second-order valence-corrected chi connectivity index (χ2v) is 8.41. The molecule has 2 aromatic carbocycles. The molecule has 0 saturated carbocycles. The molecule has 1 aliphatic heterocycles. The smallest absolute Gasteiger partial charge is 0.419 e. The fraction of sp³-hybridized carbons (Fsp3) is 0.250. The first-order valence-electron chi connectivity index (χ1n) is 10.3. The summed E-state index contributed by atoms with van der Waals surface area (Å²) in [5, 5.41) is 13.8. The quantitative estimate of drug-likeness (QED) is 0.524. The van der Waals surface area contributed by atoms with Gasteiger partial charge in [-0.25, -0.2) is 14.4 Å². The number of aliphatic carboxylic acids is 1. The van der Waals surface area contributed by atoms with Crippen molar-refractivity contribution in [3.05, 3.63) is 65.4 Å². The van der Waals surface area contributed by atoms with Gasteiger partial charge in [0.2, 0.25) is 0 Å². The lowest BCUT2D eigenvalue weighted by Gasteiger charge is -2.22. The largest absolute Gasteiger partial charge is 0.480 e. The summed E-state index contributed by atoms with van der Waals surface area (Å²) in [4.78, 5) is 46.0. The van der Waals surface area contributed by atoms with Crippen LogP contribution in [0.3, 0.4) is 0 Å². The van der Waals surface area contributed by atoms with Crippen molar-refractivity contribution in [1.29, 1.82) is 0 Å². The van der Waals surface area contributed by atoms with Crippen LogP contribution in [0, 0.1) is 0 Å². The van der Waals surface area contributed by atoms with Crippen LogP contribution in [-0.4, -0.2) is 40.8 Å². The molecular formula is C24H24N2O8. The second-order valence-electron chi connectivity index (χ2n) is 8.41. The molecule has 3 rings (SSSR count). The molecule has 1 fully saturated rings. The molecule has 1 heterocycles. The maximum Gasteiger partial charge on any atom is 0.419 e. The molecule has 0 aromatic heterocycles. The minimum absolute atomic E-state index is 0.0658. The van der Waals surface area contributed by atoms with Crippen LogP contribution >= 0.6 is 0 Å². The second kappa shape index (κ2) is 10.1. The van der Waals surface area contributed by atoms with Crippen molar-refractivity contribution in [3.8, 4) is 11.5 Å². The summed E-state index contributed by atoms with van der Waals surface area (Å²) >= 11 is 0. The van der Waals surface area contributed by atoms with Gasteiger partial charge in [0.25, 0.3) is 5.91 Å². The predicted molar refractivity (Wildman–Crippen MR) is 120 cm³/mol. The van der Waals surface area contributed by atoms with Gasteiger partial charge in [-0.1, -0.05) is 24.3 Å². The van der Waals surface area contributed by atoms with Crippen molar-refractivity contribution >= 4 is 30.1 Å². The van der Waals surface area contributed by atoms with E-state index in [-0.39, 0.29) is 12.2 Å². The molecule has 10 heteroatoms. The number of hydrogen-bond donors (Lipinski definition) is 3. The van der Waals surface area contributed by atoms with Gasteiger partial charge in [-0.3, -0.25) is 10.1 Å². The Kier molecular flexibility index (Phi) is 7.20. The van der Waals surface area contributed by atoms with Crippen LogP contribution in [0.25, 0.3) is 6.08 Å². The number of rotatable bonds is 7. The molecule has 1 unspecified atom stereocenters. The molecule has 0 spiro atoms. The van der Waals surface area contributed by atoms with Gasteiger partial charge in [0.1, 0.15) is 23.1 Å². The summed E-state index contributed by atoms with van der Waals surface area (Å²) in [6.07, 6.45) is -0.111. The number of carbonyl (C=O) groups is 4. The van der Waals surface area contributed by atoms with Crippen LogP contribution in [0.5, 0.6) is 11.5 Å². The van der Waals surface area contributed by atoms with Gasteiger partial charge < -0.3 is 24.6 Å². The van der Waals surface area contributed by atoms with Crippen LogP contribution in [0.1, 0.15) is 31.9 Å². The van der Waals surface area contributed by atoms with Crippen molar-refractivity contribution in [2.24, 2.45) is 0 Å². The molecule has 3 N–H and O–H groups in total. The summed E-state index contributed by atoms with van der Waals surface area (Å²) in [6.45, 7) is 5.07. The maximum absolute atomic E-state index is 11.9. The fourth-order valence-corrected chi connectivity index (χ4v) is 2.92. The van der Waals surface area contributed by atoms with E-state index in [0.29, 0.717) is 22.6 Å². The number of cyclic esters (lactones) is 1. The van der Waals surface area contributed by atoms with E-state index < -0.39 is 35.7 Å². The summed E-state index contributed by atoms with van der Waals surface area (Å²) < 4.78 is 15.7. The molecule has 1 atom stereocenters. The summed E-state index contributed by atoms with van der Waals surface area (Å²) in [7, 11) is 0. The van der Waals surface area contributed by atoms with Crippen molar-refractivity contribution in [3.63, 3.8) is 0 Å². The molecule has 0 radical (unpaired) electrons. The predicted octanol–water partition coefficient (Wildman–Crippen LogP) is 3.61. The van der Waals surface area contributed by atoms with Gasteiger partial charge in [-0.05, 0) is 62.2 Å². The summed E-state index contributed by atoms with van der Waals surface area (Å²) in [6, 6.07) is 12.4. The summed E-state index contributed by atoms with van der Waals surface area (Å²) in [5.41, 5.74) is 0.584. The van der Waals surface area contributed by atoms with Gasteiger partial charge in [0, 0.05) is 6.42 Å². The van der Waals surface area contributed by atoms with Crippen molar-refractivity contribution < 1.29 is 38.5 Å². The Hall–Kier alpha value is -4.34. The van der Waals surface area contributed by atoms with Crippen molar-refractivity contribution in [2.45, 2.75) is 38.8 Å². The molecule has 178 valence electrons. The van der Waals surface area contributed by atoms with Crippen LogP contribution in [-0.2, 0) is 25.5 Å². The number of nitrogens with one attached hydrogen (secondary N) is 2. The van der Waals surface area contributed by atoms with Gasteiger partial charge >= 0.3 is 18.2 Å². The number of benzene rings is 2. The van der Waals surface area contributed by atoms with Crippen molar-refractivity contribution in [2.75, 3.05) is 0 Å². The third kappa shape index (κ3) is 7.09. The van der Waals surface area contributed by atoms with Crippen LogP contribution in [0.4, 0.5) is 9.59 Å². The average molecular weight is 468 g/mol. The van der Waals surface area contributed by atoms with E-state index in [1.54, 1.807) is 69.3 Å². The fourth-order valence-electron chi connectivity index (χ4n) is 2.92. The van der Waals surface area contributed by atoms with E-state index in [9.17, 15) is 24.3 Å². The van der Waals surface area contributed by atoms with Crippen molar-refractivity contribution in [1.82, 2.24) is 10.6 Å². The minimum Gasteiger partial charge on any atom is -0.480 e. The molecule has 1 aliphatic rings. The Morgan fingerprint density at radius 1 is 1.06 bits per heavy atom. The minimum atomic E-state index is -1.17. The molecule has 1 saturated heterocycles. The monoisotopic (exact) mass is 468 g/mol. The molecule has 0 bridgehead atoms. The Bertz CT molecular complexity index is 1120. The number of carboxylic acid groups (broad SMARTS) is 1. The Morgan fingerprint density at radius 2 is 1.65 bits per heavy atom. The normalized spacial score (nSPS) is 15.3. The maximum atomic E-state index is 11.9. The first-order valence-corrected chi connectivity index (χ1v) is 10.3. The lowest BCUT2D eigenvalue weighted by atomic mass is 10.1. The van der Waals surface area contributed by atoms with Crippen LogP contribution < -0.4 is 15.4 Å². The first-order chi connectivity index (χ1) is 16.0. The molecule has 10 nitrogen and oxygen atoms in total. The number of carbonyl (C=O) groups excluding carboxylic acids is 3. The highest BCUT2D eigenvalue weighted by Gasteiger charge is 2.26. The summed E-state index contributed by atoms with van der Waals surface area (Å²) in [5.74, 6) is -0.818. The molecule has 0 aliphatic carbocycles. The number of hydrogen-bond acceptors (Lipinski definition) is 7. The zero-order chi connectivity index (χ0) is 24.9. The number of imide groups is 1. The van der Waals surface area contributed by atoms with E-state index in [2.05, 4.69) is 5.32 Å². The van der Waals surface area contributed by atoms with E-state index in [1.165, 1.54) is 6.08 Å². The van der Waals surface area contributed by atoms with Gasteiger partial charge in [0.15, 0.2) is 5.76 Å². The highest BCUT2D eigenvalue weighted by atomic mass is 16.6. The molecule has 3 amide bonds. The molecule has 2 aromatic rings. The zero-order valence-corrected chi connectivity index (χ0v) is 18.8. The van der Waals surface area contributed by atoms with E-state index in [0.717, 1.165) is 0 Å². The average Bonchev–Trinajstić information content (AvgIpc) is 3.05. The van der Waals surface area contributed by atoms with Crippen LogP contribution in [0.15, 0.2) is 54.3 Å². The highest BCUT2D eigenvalue weighted by Crippen LogP contribution is 2.23. The van der Waals surface area contributed by atoms with Gasteiger partial charge in [0.05, 0.1) is 0 Å². The van der Waals surface area contributed by atoms with Gasteiger partial charge in [-0.15, -0.1) is 0 Å². The molecular weight excluding hydrogens is 444 g/mol. The number of alkyl carbamates (subject to hydrolysis) is 2. The molecule has 34 heavy (non-hydrogen) atoms. The Labute approximate surface area is 195 Å². The Balaban J connectivity index is 1.59. The third-order valence-corrected chi connectivity index (χ3v) is 4.41. The lowest BCUT2D eigenvalue weighted by molar-refractivity contribution is -0.139.